The predicted molar refractivity (Wildman–Crippen MR) is 125 cm³/mol. The van der Waals surface area contributed by atoms with Gasteiger partial charge in [-0.15, -0.1) is 0 Å². The van der Waals surface area contributed by atoms with E-state index in [0.29, 0.717) is 5.75 Å². The van der Waals surface area contributed by atoms with Gasteiger partial charge >= 0.3 is 0 Å². The van der Waals surface area contributed by atoms with E-state index >= 15 is 0 Å². The maximum Gasteiger partial charge on any atom is 0.262 e. The Morgan fingerprint density at radius 3 is 2.81 bits per heavy atom. The molecule has 2 aromatic carbocycles. The molecule has 3 heterocycles. The standard InChI is InChI=1S/C25H26N4O2/c1-17(19-7-9-24-22(14-19)27-25(30)16-31-24)15-28-10-12-29(13-11-28)23-5-3-4-21-20(23)8-6-18(2)26-21/h3-9,14H,1,10-13,15-16H2,2H3,(H,27,30). The monoisotopic (exact) mass is 414 g/mol. The summed E-state index contributed by atoms with van der Waals surface area (Å²) in [5.41, 5.74) is 6.15. The van der Waals surface area contributed by atoms with Crippen LogP contribution in [0.3, 0.4) is 0 Å². The van der Waals surface area contributed by atoms with Gasteiger partial charge in [-0.05, 0) is 54.5 Å². The van der Waals surface area contributed by atoms with Crippen molar-refractivity contribution < 1.29 is 9.53 Å². The molecule has 0 saturated carbocycles. The first-order valence-corrected chi connectivity index (χ1v) is 10.7. The van der Waals surface area contributed by atoms with Crippen molar-refractivity contribution in [2.45, 2.75) is 6.92 Å². The minimum absolute atomic E-state index is 0.0734. The number of nitrogens with zero attached hydrogens (tertiary/aromatic N) is 3. The number of nitrogens with one attached hydrogen (secondary N) is 1. The third kappa shape index (κ3) is 3.99. The van der Waals surface area contributed by atoms with Crippen LogP contribution in [0.1, 0.15) is 11.3 Å². The molecule has 1 aromatic heterocycles. The molecular formula is C25H26N4O2. The van der Waals surface area contributed by atoms with Gasteiger partial charge in [0.2, 0.25) is 0 Å². The molecule has 0 unspecified atom stereocenters. The highest BCUT2D eigenvalue weighted by Gasteiger charge is 2.21. The average molecular weight is 415 g/mol. The second-order valence-electron chi connectivity index (χ2n) is 8.21. The van der Waals surface area contributed by atoms with Crippen molar-refractivity contribution in [3.63, 3.8) is 0 Å². The summed E-state index contributed by atoms with van der Waals surface area (Å²) in [6, 6.07) is 16.5. The smallest absolute Gasteiger partial charge is 0.262 e. The van der Waals surface area contributed by atoms with Crippen molar-refractivity contribution in [1.29, 1.82) is 0 Å². The summed E-state index contributed by atoms with van der Waals surface area (Å²) < 4.78 is 5.45. The quantitative estimate of drug-likeness (QED) is 0.705. The lowest BCUT2D eigenvalue weighted by Gasteiger charge is -2.37. The normalized spacial score (nSPS) is 16.5. The molecule has 6 heteroatoms. The van der Waals surface area contributed by atoms with Gasteiger partial charge in [0, 0.05) is 49.5 Å². The van der Waals surface area contributed by atoms with Gasteiger partial charge in [0.1, 0.15) is 5.75 Å². The average Bonchev–Trinajstić information content (AvgIpc) is 2.78. The zero-order valence-electron chi connectivity index (χ0n) is 17.7. The number of fused-ring (bicyclic) bond motifs is 2. The lowest BCUT2D eigenvalue weighted by molar-refractivity contribution is -0.118. The van der Waals surface area contributed by atoms with Gasteiger partial charge in [0.25, 0.3) is 5.91 Å². The van der Waals surface area contributed by atoms with Crippen LogP contribution < -0.4 is 15.0 Å². The van der Waals surface area contributed by atoms with Crippen molar-refractivity contribution in [3.05, 3.63) is 66.4 Å². The van der Waals surface area contributed by atoms with E-state index in [-0.39, 0.29) is 12.5 Å². The summed E-state index contributed by atoms with van der Waals surface area (Å²) in [5, 5.41) is 4.08. The number of carbonyl (C=O) groups is 1. The molecule has 5 rings (SSSR count). The molecule has 31 heavy (non-hydrogen) atoms. The first-order valence-electron chi connectivity index (χ1n) is 10.7. The van der Waals surface area contributed by atoms with E-state index in [2.05, 4.69) is 57.0 Å². The summed E-state index contributed by atoms with van der Waals surface area (Å²) in [6.07, 6.45) is 0. The summed E-state index contributed by atoms with van der Waals surface area (Å²) in [6.45, 7) is 11.1. The van der Waals surface area contributed by atoms with Crippen molar-refractivity contribution in [2.75, 3.05) is 49.5 Å². The minimum Gasteiger partial charge on any atom is -0.482 e. The molecule has 2 aliphatic rings. The zero-order chi connectivity index (χ0) is 21.4. The molecular weight excluding hydrogens is 388 g/mol. The van der Waals surface area contributed by atoms with Gasteiger partial charge in [0.05, 0.1) is 11.2 Å². The number of amides is 1. The second-order valence-corrected chi connectivity index (χ2v) is 8.21. The predicted octanol–water partition coefficient (Wildman–Crippen LogP) is 3.71. The summed E-state index contributed by atoms with van der Waals surface area (Å²) in [5.74, 6) is 0.592. The van der Waals surface area contributed by atoms with E-state index in [9.17, 15) is 4.79 Å². The minimum atomic E-state index is -0.120. The molecule has 0 bridgehead atoms. The third-order valence-electron chi connectivity index (χ3n) is 6.00. The fourth-order valence-electron chi connectivity index (χ4n) is 4.33. The maximum absolute atomic E-state index is 11.6. The lowest BCUT2D eigenvalue weighted by Crippen LogP contribution is -2.46. The van der Waals surface area contributed by atoms with E-state index in [1.165, 1.54) is 11.1 Å². The molecule has 6 nitrogen and oxygen atoms in total. The van der Waals surface area contributed by atoms with Gasteiger partial charge in [0.15, 0.2) is 6.61 Å². The number of ether oxygens (including phenoxy) is 1. The molecule has 1 amide bonds. The van der Waals surface area contributed by atoms with Crippen LogP contribution in [-0.2, 0) is 4.79 Å². The van der Waals surface area contributed by atoms with Crippen molar-refractivity contribution in [3.8, 4) is 5.75 Å². The number of benzene rings is 2. The fourth-order valence-corrected chi connectivity index (χ4v) is 4.33. The third-order valence-corrected chi connectivity index (χ3v) is 6.00. The summed E-state index contributed by atoms with van der Waals surface area (Å²) in [7, 11) is 0. The van der Waals surface area contributed by atoms with Crippen LogP contribution in [0.2, 0.25) is 0 Å². The Morgan fingerprint density at radius 1 is 1.13 bits per heavy atom. The molecule has 0 atom stereocenters. The van der Waals surface area contributed by atoms with Crippen LogP contribution in [0.5, 0.6) is 5.75 Å². The number of hydrogen-bond donors (Lipinski definition) is 1. The van der Waals surface area contributed by atoms with Crippen LogP contribution in [0.4, 0.5) is 11.4 Å². The number of rotatable bonds is 4. The van der Waals surface area contributed by atoms with Crippen molar-refractivity contribution in [1.82, 2.24) is 9.88 Å². The van der Waals surface area contributed by atoms with Crippen LogP contribution in [-0.4, -0.2) is 55.1 Å². The highest BCUT2D eigenvalue weighted by molar-refractivity contribution is 5.96. The van der Waals surface area contributed by atoms with Gasteiger partial charge in [-0.2, -0.15) is 0 Å². The maximum atomic E-state index is 11.6. The number of carbonyl (C=O) groups excluding carboxylic acids is 1. The van der Waals surface area contributed by atoms with Gasteiger partial charge in [-0.25, -0.2) is 0 Å². The second kappa shape index (κ2) is 8.04. The van der Waals surface area contributed by atoms with Gasteiger partial charge < -0.3 is 15.0 Å². The van der Waals surface area contributed by atoms with Crippen LogP contribution in [0, 0.1) is 6.92 Å². The molecule has 1 saturated heterocycles. The van der Waals surface area contributed by atoms with Crippen LogP contribution in [0.25, 0.3) is 16.5 Å². The first-order chi connectivity index (χ1) is 15.1. The molecule has 1 N–H and O–H groups in total. The highest BCUT2D eigenvalue weighted by atomic mass is 16.5. The van der Waals surface area contributed by atoms with Crippen molar-refractivity contribution in [2.24, 2.45) is 0 Å². The topological polar surface area (TPSA) is 57.7 Å². The number of aryl methyl sites for hydroxylation is 1. The Kier molecular flexibility index (Phi) is 5.08. The van der Waals surface area contributed by atoms with E-state index < -0.39 is 0 Å². The largest absolute Gasteiger partial charge is 0.482 e. The Morgan fingerprint density at radius 2 is 1.97 bits per heavy atom. The van der Waals surface area contributed by atoms with Crippen LogP contribution >= 0.6 is 0 Å². The molecule has 0 spiro atoms. The summed E-state index contributed by atoms with van der Waals surface area (Å²) >= 11 is 0. The Labute approximate surface area is 182 Å². The van der Waals surface area contributed by atoms with Crippen LogP contribution in [0.15, 0.2) is 55.1 Å². The molecule has 158 valence electrons. The molecule has 3 aromatic rings. The number of hydrogen-bond acceptors (Lipinski definition) is 5. The van der Waals surface area contributed by atoms with Gasteiger partial charge in [-0.3, -0.25) is 14.7 Å². The van der Waals surface area contributed by atoms with E-state index in [1.807, 2.05) is 25.1 Å². The first kappa shape index (κ1) is 19.6. The molecule has 0 radical (unpaired) electrons. The Bertz CT molecular complexity index is 1170. The van der Waals surface area contributed by atoms with E-state index in [0.717, 1.165) is 60.8 Å². The summed E-state index contributed by atoms with van der Waals surface area (Å²) in [4.78, 5) is 21.1. The number of aromatic nitrogens is 1. The molecule has 0 aliphatic carbocycles. The molecule has 2 aliphatic heterocycles. The van der Waals surface area contributed by atoms with E-state index in [4.69, 9.17) is 4.74 Å². The lowest BCUT2D eigenvalue weighted by atomic mass is 10.0. The Balaban J connectivity index is 1.24. The zero-order valence-corrected chi connectivity index (χ0v) is 17.7. The van der Waals surface area contributed by atoms with Crippen molar-refractivity contribution >= 4 is 33.8 Å². The SMILES string of the molecule is C=C(CN1CCN(c2cccc3nc(C)ccc23)CC1)c1ccc2c(c1)NC(=O)CO2. The Hall–Kier alpha value is -3.38. The number of pyridine rings is 1. The fraction of sp³-hybridized carbons (Fsp3) is 0.280. The van der Waals surface area contributed by atoms with Gasteiger partial charge in [-0.1, -0.05) is 18.7 Å². The highest BCUT2D eigenvalue weighted by Crippen LogP contribution is 2.31. The molecule has 1 fully saturated rings. The number of anilines is 2. The van der Waals surface area contributed by atoms with E-state index in [1.54, 1.807) is 0 Å². The number of piperazine rings is 1.